The van der Waals surface area contributed by atoms with Gasteiger partial charge in [0.2, 0.25) is 0 Å². The normalized spacial score (nSPS) is 10.5. The molecule has 94 valence electrons. The summed E-state index contributed by atoms with van der Waals surface area (Å²) in [4.78, 5) is 22.4. The van der Waals surface area contributed by atoms with Gasteiger partial charge < -0.3 is 5.21 Å². The van der Waals surface area contributed by atoms with Gasteiger partial charge in [0.25, 0.3) is 0 Å². The number of aldehydes is 1. The molecular weight excluding hydrogens is 218 g/mol. The third-order valence-corrected chi connectivity index (χ3v) is 3.01. The largest absolute Gasteiger partial charge is 0.428 e. The third-order valence-electron chi connectivity index (χ3n) is 3.01. The molecule has 0 fully saturated rings. The molecular formula is C13H19NO3. The number of Topliss-reactive ketones (excluding diaryl/α,β-unsaturated/α-hetero) is 1. The van der Waals surface area contributed by atoms with E-state index < -0.39 is 0 Å². The number of nitrogens with zero attached hydrogens (tertiary/aromatic N) is 1. The predicted octanol–water partition coefficient (Wildman–Crippen LogP) is 2.78. The summed E-state index contributed by atoms with van der Waals surface area (Å²) in [7, 11) is 0. The van der Waals surface area contributed by atoms with Crippen molar-refractivity contribution in [2.45, 2.75) is 46.5 Å². The molecule has 0 amide bonds. The zero-order valence-corrected chi connectivity index (χ0v) is 10.6. The van der Waals surface area contributed by atoms with Crippen LogP contribution in [0.3, 0.4) is 0 Å². The molecule has 1 aromatic heterocycles. The van der Waals surface area contributed by atoms with Gasteiger partial charge in [-0.3, -0.25) is 9.59 Å². The van der Waals surface area contributed by atoms with Gasteiger partial charge >= 0.3 is 0 Å². The molecule has 1 aromatic rings. The van der Waals surface area contributed by atoms with Crippen LogP contribution in [-0.4, -0.2) is 22.0 Å². The molecule has 0 aliphatic rings. The Labute approximate surface area is 101 Å². The van der Waals surface area contributed by atoms with E-state index in [1.807, 2.05) is 0 Å². The van der Waals surface area contributed by atoms with E-state index in [9.17, 15) is 14.8 Å². The van der Waals surface area contributed by atoms with Crippen LogP contribution in [0.5, 0.6) is 0 Å². The van der Waals surface area contributed by atoms with Gasteiger partial charge in [-0.05, 0) is 25.3 Å². The number of hydrogen-bond acceptors (Lipinski definition) is 3. The molecule has 0 radical (unpaired) electrons. The zero-order chi connectivity index (χ0) is 13.0. The topological polar surface area (TPSA) is 59.3 Å². The molecule has 4 heteroatoms. The van der Waals surface area contributed by atoms with E-state index in [4.69, 9.17) is 0 Å². The van der Waals surface area contributed by atoms with E-state index in [-0.39, 0.29) is 11.5 Å². The fourth-order valence-electron chi connectivity index (χ4n) is 2.10. The molecule has 1 rings (SSSR count). The fraction of sp³-hybridized carbons (Fsp3) is 0.538. The van der Waals surface area contributed by atoms with E-state index in [2.05, 4.69) is 6.92 Å². The molecule has 0 aliphatic carbocycles. The third kappa shape index (κ3) is 2.57. The van der Waals surface area contributed by atoms with Crippen molar-refractivity contribution in [3.8, 4) is 0 Å². The average molecular weight is 237 g/mol. The van der Waals surface area contributed by atoms with Gasteiger partial charge in [0.1, 0.15) is 5.69 Å². The SMILES string of the molecule is CCCCCc1c(C=O)c(C)c(C(C)=O)n1O. The Bertz CT molecular complexity index is 432. The first-order valence-electron chi connectivity index (χ1n) is 5.94. The molecule has 0 atom stereocenters. The highest BCUT2D eigenvalue weighted by Gasteiger charge is 2.21. The summed E-state index contributed by atoms with van der Waals surface area (Å²) in [5.74, 6) is -0.227. The maximum Gasteiger partial charge on any atom is 0.179 e. The van der Waals surface area contributed by atoms with Crippen LogP contribution in [0, 0.1) is 6.92 Å². The standard InChI is InChI=1S/C13H19NO3/c1-4-5-6-7-12-11(8-15)9(2)13(10(3)16)14(12)17/h8,17H,4-7H2,1-3H3. The minimum absolute atomic E-state index is 0.221. The van der Waals surface area contributed by atoms with Crippen molar-refractivity contribution >= 4 is 12.1 Å². The van der Waals surface area contributed by atoms with Crippen LogP contribution in [0.15, 0.2) is 0 Å². The van der Waals surface area contributed by atoms with Gasteiger partial charge in [0, 0.05) is 12.5 Å². The number of ketones is 1. The van der Waals surface area contributed by atoms with Crippen LogP contribution < -0.4 is 0 Å². The molecule has 0 saturated heterocycles. The number of carbonyl (C=O) groups is 2. The zero-order valence-electron chi connectivity index (χ0n) is 10.6. The number of carbonyl (C=O) groups excluding carboxylic acids is 2. The fourth-order valence-corrected chi connectivity index (χ4v) is 2.10. The van der Waals surface area contributed by atoms with Gasteiger partial charge in [-0.25, -0.2) is 0 Å². The number of hydrogen-bond donors (Lipinski definition) is 1. The molecule has 1 heterocycles. The first kappa shape index (κ1) is 13.5. The lowest BCUT2D eigenvalue weighted by Gasteiger charge is -2.04. The second kappa shape index (κ2) is 5.66. The van der Waals surface area contributed by atoms with E-state index >= 15 is 0 Å². The highest BCUT2D eigenvalue weighted by Crippen LogP contribution is 2.22. The number of aromatic nitrogens is 1. The van der Waals surface area contributed by atoms with Crippen LogP contribution in [0.25, 0.3) is 0 Å². The Morgan fingerprint density at radius 3 is 2.53 bits per heavy atom. The lowest BCUT2D eigenvalue weighted by molar-refractivity contribution is 0.0955. The summed E-state index contributed by atoms with van der Waals surface area (Å²) in [6, 6.07) is 0. The monoisotopic (exact) mass is 237 g/mol. The summed E-state index contributed by atoms with van der Waals surface area (Å²) < 4.78 is 0.886. The van der Waals surface area contributed by atoms with E-state index in [0.29, 0.717) is 23.2 Å². The summed E-state index contributed by atoms with van der Waals surface area (Å²) >= 11 is 0. The van der Waals surface area contributed by atoms with Crippen LogP contribution >= 0.6 is 0 Å². The van der Waals surface area contributed by atoms with Crippen molar-refractivity contribution in [1.29, 1.82) is 0 Å². The van der Waals surface area contributed by atoms with Crippen LogP contribution in [0.4, 0.5) is 0 Å². The van der Waals surface area contributed by atoms with Gasteiger partial charge in [0.15, 0.2) is 12.1 Å². The highest BCUT2D eigenvalue weighted by molar-refractivity contribution is 5.97. The van der Waals surface area contributed by atoms with Crippen molar-refractivity contribution in [1.82, 2.24) is 4.73 Å². The molecule has 17 heavy (non-hydrogen) atoms. The molecule has 0 aromatic carbocycles. The molecule has 0 unspecified atom stereocenters. The average Bonchev–Trinajstić information content (AvgIpc) is 2.50. The Hall–Kier alpha value is -1.58. The van der Waals surface area contributed by atoms with Crippen molar-refractivity contribution in [3.63, 3.8) is 0 Å². The van der Waals surface area contributed by atoms with Gasteiger partial charge in [0.05, 0.1) is 5.69 Å². The number of unbranched alkanes of at least 4 members (excludes halogenated alkanes) is 2. The lowest BCUT2D eigenvalue weighted by Crippen LogP contribution is -2.07. The maximum atomic E-state index is 11.4. The summed E-state index contributed by atoms with van der Waals surface area (Å²) in [5, 5.41) is 9.93. The molecule has 1 N–H and O–H groups in total. The number of rotatable bonds is 6. The molecule has 0 aliphatic heterocycles. The summed E-state index contributed by atoms with van der Waals surface area (Å²) in [6.45, 7) is 5.17. The Morgan fingerprint density at radius 1 is 1.41 bits per heavy atom. The van der Waals surface area contributed by atoms with Crippen LogP contribution in [0.1, 0.15) is 65.2 Å². The smallest absolute Gasteiger partial charge is 0.179 e. The van der Waals surface area contributed by atoms with Crippen molar-refractivity contribution in [3.05, 3.63) is 22.5 Å². The van der Waals surface area contributed by atoms with E-state index in [1.54, 1.807) is 6.92 Å². The first-order chi connectivity index (χ1) is 8.04. The highest BCUT2D eigenvalue weighted by atomic mass is 16.5. The quantitative estimate of drug-likeness (QED) is 0.358. The van der Waals surface area contributed by atoms with Crippen molar-refractivity contribution in [2.75, 3.05) is 0 Å². The first-order valence-corrected chi connectivity index (χ1v) is 5.94. The summed E-state index contributed by atoms with van der Waals surface area (Å²) in [5.41, 5.74) is 1.80. The van der Waals surface area contributed by atoms with Gasteiger partial charge in [-0.1, -0.05) is 19.8 Å². The van der Waals surface area contributed by atoms with Crippen LogP contribution in [-0.2, 0) is 6.42 Å². The molecule has 4 nitrogen and oxygen atoms in total. The predicted molar refractivity (Wildman–Crippen MR) is 65.0 cm³/mol. The second-order valence-electron chi connectivity index (χ2n) is 4.28. The second-order valence-corrected chi connectivity index (χ2v) is 4.28. The molecule has 0 bridgehead atoms. The van der Waals surface area contributed by atoms with E-state index in [1.165, 1.54) is 6.92 Å². The Balaban J connectivity index is 3.14. The van der Waals surface area contributed by atoms with Gasteiger partial charge in [-0.2, -0.15) is 4.73 Å². The van der Waals surface area contributed by atoms with Crippen molar-refractivity contribution in [2.24, 2.45) is 0 Å². The maximum absolute atomic E-state index is 11.4. The van der Waals surface area contributed by atoms with Gasteiger partial charge in [-0.15, -0.1) is 0 Å². The lowest BCUT2D eigenvalue weighted by atomic mass is 10.1. The van der Waals surface area contributed by atoms with Crippen LogP contribution in [0.2, 0.25) is 0 Å². The summed E-state index contributed by atoms with van der Waals surface area (Å²) in [6.07, 6.45) is 4.35. The van der Waals surface area contributed by atoms with Crippen molar-refractivity contribution < 1.29 is 14.8 Å². The minimum Gasteiger partial charge on any atom is -0.428 e. The minimum atomic E-state index is -0.227. The Kier molecular flexibility index (Phi) is 4.49. The van der Waals surface area contributed by atoms with E-state index in [0.717, 1.165) is 30.3 Å². The molecule has 0 spiro atoms. The molecule has 0 saturated carbocycles. The Morgan fingerprint density at radius 2 is 2.06 bits per heavy atom.